The number of nitrogens with zero attached hydrogens (tertiary/aromatic N) is 2. The van der Waals surface area contributed by atoms with Crippen LogP contribution < -0.4 is 0 Å². The van der Waals surface area contributed by atoms with E-state index in [0.29, 0.717) is 32.5 Å². The zero-order valence-corrected chi connectivity index (χ0v) is 15.2. The van der Waals surface area contributed by atoms with Crippen molar-refractivity contribution in [2.45, 2.75) is 43.6 Å². The lowest BCUT2D eigenvalue weighted by Gasteiger charge is -2.50. The Labute approximate surface area is 158 Å². The molecule has 2 aliphatic heterocycles. The number of amides is 1. The molecule has 1 aromatic heterocycles. The van der Waals surface area contributed by atoms with Gasteiger partial charge in [-0.2, -0.15) is 0 Å². The van der Waals surface area contributed by atoms with Crippen molar-refractivity contribution in [3.05, 3.63) is 66.0 Å². The maximum absolute atomic E-state index is 12.7. The highest BCUT2D eigenvalue weighted by Crippen LogP contribution is 2.37. The molecule has 2 aliphatic rings. The first-order valence-electron chi connectivity index (χ1n) is 9.31. The van der Waals surface area contributed by atoms with Crippen molar-refractivity contribution in [1.29, 1.82) is 0 Å². The number of fused-ring (bicyclic) bond motifs is 2. The average Bonchev–Trinajstić information content (AvgIpc) is 2.67. The molecule has 0 saturated carbocycles. The molecule has 2 bridgehead atoms. The first-order valence-corrected chi connectivity index (χ1v) is 9.31. The van der Waals surface area contributed by atoms with Gasteiger partial charge < -0.3 is 14.6 Å². The van der Waals surface area contributed by atoms with E-state index in [4.69, 9.17) is 9.47 Å². The minimum absolute atomic E-state index is 0.174. The molecule has 0 spiro atoms. The number of hydrogen-bond acceptors (Lipinski definition) is 5. The van der Waals surface area contributed by atoms with Crippen LogP contribution in [0.25, 0.3) is 0 Å². The van der Waals surface area contributed by atoms with Gasteiger partial charge in [-0.15, -0.1) is 0 Å². The van der Waals surface area contributed by atoms with Gasteiger partial charge in [0.1, 0.15) is 6.61 Å². The van der Waals surface area contributed by atoms with Crippen LogP contribution in [0.5, 0.6) is 0 Å². The first kappa shape index (κ1) is 17.9. The fourth-order valence-corrected chi connectivity index (χ4v) is 4.19. The Morgan fingerprint density at radius 2 is 1.78 bits per heavy atom. The largest absolute Gasteiger partial charge is 0.445 e. The van der Waals surface area contributed by atoms with Crippen molar-refractivity contribution in [3.8, 4) is 0 Å². The van der Waals surface area contributed by atoms with Gasteiger partial charge >= 0.3 is 6.09 Å². The van der Waals surface area contributed by atoms with Gasteiger partial charge in [0.15, 0.2) is 0 Å². The van der Waals surface area contributed by atoms with Crippen LogP contribution in [0.2, 0.25) is 0 Å². The second kappa shape index (κ2) is 7.66. The fraction of sp³-hybridized carbons (Fsp3) is 0.429. The Hall–Kier alpha value is -2.44. The number of rotatable bonds is 4. The van der Waals surface area contributed by atoms with Gasteiger partial charge in [0.25, 0.3) is 0 Å². The highest BCUT2D eigenvalue weighted by Gasteiger charge is 2.48. The molecule has 1 amide bonds. The van der Waals surface area contributed by atoms with Crippen molar-refractivity contribution in [2.75, 3.05) is 13.2 Å². The van der Waals surface area contributed by atoms with E-state index in [-0.39, 0.29) is 24.8 Å². The van der Waals surface area contributed by atoms with Crippen LogP contribution >= 0.6 is 0 Å². The summed E-state index contributed by atoms with van der Waals surface area (Å²) in [5.74, 6) is 0. The Morgan fingerprint density at radius 3 is 2.44 bits per heavy atom. The van der Waals surface area contributed by atoms with E-state index in [0.717, 1.165) is 11.1 Å². The third-order valence-corrected chi connectivity index (χ3v) is 5.34. The van der Waals surface area contributed by atoms with Gasteiger partial charge in [0.2, 0.25) is 0 Å². The zero-order chi connectivity index (χ0) is 18.7. The predicted octanol–water partition coefficient (Wildman–Crippen LogP) is 2.56. The molecule has 2 saturated heterocycles. The van der Waals surface area contributed by atoms with E-state index in [1.807, 2.05) is 42.5 Å². The number of morpholine rings is 1. The standard InChI is InChI=1S/C21H24N2O4/c24-20(27-13-17-4-2-1-3-5-17)23-18-11-21(25,12-19(23)15-26-14-18)10-16-6-8-22-9-7-16/h1-9,18-19,25H,10-15H2. The molecule has 0 aliphatic carbocycles. The van der Waals surface area contributed by atoms with Crippen LogP contribution in [-0.4, -0.2) is 52.0 Å². The van der Waals surface area contributed by atoms with Gasteiger partial charge in [0, 0.05) is 18.8 Å². The molecule has 27 heavy (non-hydrogen) atoms. The summed E-state index contributed by atoms with van der Waals surface area (Å²) in [5, 5.41) is 11.2. The molecule has 4 rings (SSSR count). The second-order valence-corrected chi connectivity index (χ2v) is 7.46. The fourth-order valence-electron chi connectivity index (χ4n) is 4.19. The normalized spacial score (nSPS) is 27.2. The summed E-state index contributed by atoms with van der Waals surface area (Å²) in [4.78, 5) is 18.5. The molecule has 6 heteroatoms. The van der Waals surface area contributed by atoms with Gasteiger partial charge in [-0.05, 0) is 36.1 Å². The Bertz CT molecular complexity index is 754. The molecule has 3 heterocycles. The molecule has 1 N–H and O–H groups in total. The van der Waals surface area contributed by atoms with E-state index in [9.17, 15) is 9.90 Å². The van der Waals surface area contributed by atoms with Crippen LogP contribution in [0.4, 0.5) is 4.79 Å². The molecular formula is C21H24N2O4. The predicted molar refractivity (Wildman–Crippen MR) is 99.0 cm³/mol. The van der Waals surface area contributed by atoms with Gasteiger partial charge in [0.05, 0.1) is 30.9 Å². The molecular weight excluding hydrogens is 344 g/mol. The average molecular weight is 368 g/mol. The second-order valence-electron chi connectivity index (χ2n) is 7.46. The monoisotopic (exact) mass is 368 g/mol. The van der Waals surface area contributed by atoms with E-state index < -0.39 is 5.60 Å². The van der Waals surface area contributed by atoms with E-state index in [1.165, 1.54) is 0 Å². The Kier molecular flexibility index (Phi) is 5.09. The van der Waals surface area contributed by atoms with Crippen LogP contribution in [0.15, 0.2) is 54.9 Å². The summed E-state index contributed by atoms with van der Waals surface area (Å²) in [5.41, 5.74) is 1.15. The number of carbonyl (C=O) groups is 1. The molecule has 2 aromatic rings. The summed E-state index contributed by atoms with van der Waals surface area (Å²) in [7, 11) is 0. The minimum atomic E-state index is -0.851. The Morgan fingerprint density at radius 1 is 1.11 bits per heavy atom. The lowest BCUT2D eigenvalue weighted by molar-refractivity contribution is -0.132. The number of aliphatic hydroxyl groups is 1. The number of carbonyl (C=O) groups excluding carboxylic acids is 1. The van der Waals surface area contributed by atoms with E-state index in [1.54, 1.807) is 17.3 Å². The van der Waals surface area contributed by atoms with Crippen molar-refractivity contribution in [2.24, 2.45) is 0 Å². The number of aromatic nitrogens is 1. The summed E-state index contributed by atoms with van der Waals surface area (Å²) < 4.78 is 11.2. The van der Waals surface area contributed by atoms with Crippen molar-refractivity contribution >= 4 is 6.09 Å². The highest BCUT2D eigenvalue weighted by atomic mass is 16.6. The summed E-state index contributed by atoms with van der Waals surface area (Å²) in [6.45, 7) is 1.10. The Balaban J connectivity index is 1.43. The van der Waals surface area contributed by atoms with Crippen molar-refractivity contribution < 1.29 is 19.4 Å². The smallest absolute Gasteiger partial charge is 0.410 e. The quantitative estimate of drug-likeness (QED) is 0.898. The minimum Gasteiger partial charge on any atom is -0.445 e. The third-order valence-electron chi connectivity index (χ3n) is 5.34. The zero-order valence-electron chi connectivity index (χ0n) is 15.2. The van der Waals surface area contributed by atoms with Crippen LogP contribution in [0.1, 0.15) is 24.0 Å². The SMILES string of the molecule is O=C(OCc1ccccc1)N1C2COCC1CC(O)(Cc1ccncc1)C2. The number of ether oxygens (including phenoxy) is 2. The molecule has 2 unspecified atom stereocenters. The summed E-state index contributed by atoms with van der Waals surface area (Å²) in [6.07, 6.45) is 4.65. The van der Waals surface area contributed by atoms with Crippen molar-refractivity contribution in [3.63, 3.8) is 0 Å². The number of piperidine rings is 1. The van der Waals surface area contributed by atoms with Crippen LogP contribution in [0.3, 0.4) is 0 Å². The van der Waals surface area contributed by atoms with Gasteiger partial charge in [-0.1, -0.05) is 30.3 Å². The third kappa shape index (κ3) is 4.12. The molecule has 2 atom stereocenters. The molecule has 142 valence electrons. The van der Waals surface area contributed by atoms with Crippen molar-refractivity contribution in [1.82, 2.24) is 9.88 Å². The molecule has 2 fully saturated rings. The lowest BCUT2D eigenvalue weighted by atomic mass is 9.78. The topological polar surface area (TPSA) is 71.9 Å². The summed E-state index contributed by atoms with van der Waals surface area (Å²) in [6, 6.07) is 13.1. The highest BCUT2D eigenvalue weighted by molar-refractivity contribution is 5.69. The number of hydrogen-bond donors (Lipinski definition) is 1. The summed E-state index contributed by atoms with van der Waals surface area (Å²) >= 11 is 0. The lowest BCUT2D eigenvalue weighted by Crippen LogP contribution is -2.64. The number of benzene rings is 1. The van der Waals surface area contributed by atoms with E-state index >= 15 is 0 Å². The maximum atomic E-state index is 12.7. The van der Waals surface area contributed by atoms with Gasteiger partial charge in [-0.25, -0.2) is 4.79 Å². The molecule has 1 aromatic carbocycles. The van der Waals surface area contributed by atoms with Crippen LogP contribution in [-0.2, 0) is 22.5 Å². The maximum Gasteiger partial charge on any atom is 0.410 e. The molecule has 0 radical (unpaired) electrons. The number of pyridine rings is 1. The van der Waals surface area contributed by atoms with Crippen LogP contribution in [0, 0.1) is 0 Å². The van der Waals surface area contributed by atoms with E-state index in [2.05, 4.69) is 4.98 Å². The first-order chi connectivity index (χ1) is 13.1. The molecule has 6 nitrogen and oxygen atoms in total. The van der Waals surface area contributed by atoms with Gasteiger partial charge in [-0.3, -0.25) is 9.88 Å².